The van der Waals surface area contributed by atoms with Crippen molar-refractivity contribution < 1.29 is 28.5 Å². The van der Waals surface area contributed by atoms with Gasteiger partial charge in [-0.15, -0.1) is 10.1 Å². The molecule has 0 aromatic rings. The molecule has 20 heavy (non-hydrogen) atoms. The Bertz CT molecular complexity index is 381. The molecule has 0 saturated carbocycles. The van der Waals surface area contributed by atoms with Crippen molar-refractivity contribution in [1.82, 2.24) is 0 Å². The van der Waals surface area contributed by atoms with Gasteiger partial charge in [-0.25, -0.2) is 0 Å². The standard InChI is InChI=1S/C9H19N2O8P/c1-7(2)17-20(16,18-8(3)4)9(5,6-10(12)13)19-11(14)15/h7-8H,6H2,1-5H3. The predicted molar refractivity (Wildman–Crippen MR) is 68.4 cm³/mol. The zero-order chi connectivity index (χ0) is 16.1. The van der Waals surface area contributed by atoms with Gasteiger partial charge < -0.3 is 9.05 Å². The maximum atomic E-state index is 12.7. The lowest BCUT2D eigenvalue weighted by Gasteiger charge is -2.33. The summed E-state index contributed by atoms with van der Waals surface area (Å²) >= 11 is 0. The highest BCUT2D eigenvalue weighted by Gasteiger charge is 2.56. The molecule has 11 heteroatoms. The lowest BCUT2D eigenvalue weighted by atomic mass is 10.4. The fourth-order valence-electron chi connectivity index (χ4n) is 1.37. The van der Waals surface area contributed by atoms with Gasteiger partial charge in [0.25, 0.3) is 10.4 Å². The smallest absolute Gasteiger partial charge is 0.304 e. The number of nitro groups is 1. The van der Waals surface area contributed by atoms with E-state index in [-0.39, 0.29) is 0 Å². The molecule has 0 aromatic carbocycles. The fourth-order valence-corrected chi connectivity index (χ4v) is 3.43. The second-order valence-electron chi connectivity index (χ2n) is 4.79. The van der Waals surface area contributed by atoms with Crippen molar-refractivity contribution in [3.63, 3.8) is 0 Å². The lowest BCUT2D eigenvalue weighted by Crippen LogP contribution is -2.41. The zero-order valence-electron chi connectivity index (χ0n) is 12.0. The monoisotopic (exact) mass is 314 g/mol. The Morgan fingerprint density at radius 2 is 1.50 bits per heavy atom. The van der Waals surface area contributed by atoms with Gasteiger partial charge in [-0.05, 0) is 34.6 Å². The molecule has 0 amide bonds. The Hall–Kier alpha value is -1.25. The highest BCUT2D eigenvalue weighted by Crippen LogP contribution is 2.62. The minimum Gasteiger partial charge on any atom is -0.304 e. The van der Waals surface area contributed by atoms with Crippen molar-refractivity contribution in [2.45, 2.75) is 52.2 Å². The van der Waals surface area contributed by atoms with Crippen molar-refractivity contribution in [3.8, 4) is 0 Å². The van der Waals surface area contributed by atoms with Crippen LogP contribution in [0.3, 0.4) is 0 Å². The minimum atomic E-state index is -4.27. The van der Waals surface area contributed by atoms with E-state index >= 15 is 0 Å². The third kappa shape index (κ3) is 5.40. The van der Waals surface area contributed by atoms with E-state index in [0.29, 0.717) is 0 Å². The molecule has 118 valence electrons. The molecule has 0 N–H and O–H groups in total. The van der Waals surface area contributed by atoms with Crippen LogP contribution in [0.2, 0.25) is 0 Å². The maximum Gasteiger partial charge on any atom is 0.369 e. The van der Waals surface area contributed by atoms with Crippen LogP contribution in [0.5, 0.6) is 0 Å². The highest BCUT2D eigenvalue weighted by atomic mass is 31.2. The summed E-state index contributed by atoms with van der Waals surface area (Å²) in [4.78, 5) is 24.6. The van der Waals surface area contributed by atoms with Gasteiger partial charge in [0.2, 0.25) is 6.54 Å². The molecule has 0 rings (SSSR count). The van der Waals surface area contributed by atoms with Gasteiger partial charge in [0.1, 0.15) is 0 Å². The molecular formula is C9H19N2O8P. The summed E-state index contributed by atoms with van der Waals surface area (Å²) in [6.07, 6.45) is -1.25. The molecule has 1 atom stereocenters. The van der Waals surface area contributed by atoms with Crippen LogP contribution >= 0.6 is 7.60 Å². The van der Waals surface area contributed by atoms with Gasteiger partial charge in [-0.3, -0.25) is 19.5 Å². The lowest BCUT2D eigenvalue weighted by molar-refractivity contribution is -0.779. The van der Waals surface area contributed by atoms with Gasteiger partial charge in [-0.2, -0.15) is 0 Å². The predicted octanol–water partition coefficient (Wildman–Crippen LogP) is 2.23. The fraction of sp³-hybridized carbons (Fsp3) is 1.00. The van der Waals surface area contributed by atoms with Crippen LogP contribution in [0.1, 0.15) is 34.6 Å². The third-order valence-electron chi connectivity index (χ3n) is 1.97. The third-order valence-corrected chi connectivity index (χ3v) is 4.75. The summed E-state index contributed by atoms with van der Waals surface area (Å²) in [5.41, 5.74) is 0. The van der Waals surface area contributed by atoms with Gasteiger partial charge in [0.05, 0.1) is 12.2 Å². The molecule has 0 aliphatic carbocycles. The summed E-state index contributed by atoms with van der Waals surface area (Å²) in [7, 11) is -4.27. The normalized spacial score (nSPS) is 15.2. The molecule has 0 bridgehead atoms. The molecule has 0 spiro atoms. The summed E-state index contributed by atoms with van der Waals surface area (Å²) in [6, 6.07) is 0. The molecule has 0 aliphatic rings. The first kappa shape index (κ1) is 18.8. The molecule has 1 unspecified atom stereocenters. The molecule has 0 saturated heterocycles. The number of rotatable bonds is 9. The zero-order valence-corrected chi connectivity index (χ0v) is 12.9. The van der Waals surface area contributed by atoms with Crippen LogP contribution in [0.4, 0.5) is 0 Å². The number of hydrogen-bond donors (Lipinski definition) is 0. The summed E-state index contributed by atoms with van der Waals surface area (Å²) in [5.74, 6) is 0. The first-order valence-electron chi connectivity index (χ1n) is 5.84. The first-order valence-corrected chi connectivity index (χ1v) is 7.38. The van der Waals surface area contributed by atoms with E-state index in [2.05, 4.69) is 4.84 Å². The van der Waals surface area contributed by atoms with Crippen molar-refractivity contribution in [3.05, 3.63) is 20.2 Å². The van der Waals surface area contributed by atoms with Crippen molar-refractivity contribution in [1.29, 1.82) is 0 Å². The van der Waals surface area contributed by atoms with Crippen LogP contribution in [-0.2, 0) is 18.5 Å². The van der Waals surface area contributed by atoms with Gasteiger partial charge in [0.15, 0.2) is 0 Å². The molecule has 0 radical (unpaired) electrons. The van der Waals surface area contributed by atoms with E-state index < -0.39 is 41.7 Å². The Labute approximate surface area is 116 Å². The first-order chi connectivity index (χ1) is 8.92. The highest BCUT2D eigenvalue weighted by molar-refractivity contribution is 7.55. The van der Waals surface area contributed by atoms with Crippen molar-refractivity contribution >= 4 is 7.60 Å². The van der Waals surface area contributed by atoms with E-state index in [0.717, 1.165) is 6.92 Å². The second-order valence-corrected chi connectivity index (χ2v) is 7.15. The van der Waals surface area contributed by atoms with E-state index in [9.17, 15) is 24.8 Å². The topological polar surface area (TPSA) is 131 Å². The Balaban J connectivity index is 5.66. The van der Waals surface area contributed by atoms with E-state index in [1.165, 1.54) is 27.7 Å². The van der Waals surface area contributed by atoms with Gasteiger partial charge >= 0.3 is 7.60 Å². The molecule has 10 nitrogen and oxygen atoms in total. The minimum absolute atomic E-state index is 0.624. The molecular weight excluding hydrogens is 295 g/mol. The summed E-state index contributed by atoms with van der Waals surface area (Å²) in [5, 5.41) is 17.7. The average Bonchev–Trinajstić information content (AvgIpc) is 2.10. The molecule has 0 fully saturated rings. The van der Waals surface area contributed by atoms with Crippen LogP contribution in [0.25, 0.3) is 0 Å². The van der Waals surface area contributed by atoms with Crippen LogP contribution in [0.15, 0.2) is 0 Å². The van der Waals surface area contributed by atoms with Crippen LogP contribution in [0, 0.1) is 20.2 Å². The van der Waals surface area contributed by atoms with Crippen LogP contribution < -0.4 is 0 Å². The number of nitrogens with zero attached hydrogens (tertiary/aromatic N) is 2. The van der Waals surface area contributed by atoms with Crippen molar-refractivity contribution in [2.75, 3.05) is 6.54 Å². The van der Waals surface area contributed by atoms with Crippen LogP contribution in [-0.4, -0.2) is 34.1 Å². The molecule has 0 aliphatic heterocycles. The Morgan fingerprint density at radius 3 is 1.75 bits per heavy atom. The van der Waals surface area contributed by atoms with E-state index in [1.54, 1.807) is 0 Å². The summed E-state index contributed by atoms with van der Waals surface area (Å²) in [6.45, 7) is 5.96. The van der Waals surface area contributed by atoms with Gasteiger partial charge in [0, 0.05) is 4.92 Å². The Morgan fingerprint density at radius 1 is 1.10 bits per heavy atom. The molecule has 0 heterocycles. The van der Waals surface area contributed by atoms with Gasteiger partial charge in [-0.1, -0.05) is 0 Å². The van der Waals surface area contributed by atoms with E-state index in [1.807, 2.05) is 0 Å². The number of hydrogen-bond acceptors (Lipinski definition) is 8. The SMILES string of the molecule is CC(C)OP(=O)(OC(C)C)C(C)(C[N+](=O)[O-])O[N+](=O)[O-]. The maximum absolute atomic E-state index is 12.7. The average molecular weight is 314 g/mol. The summed E-state index contributed by atoms with van der Waals surface area (Å²) < 4.78 is 23.0. The Kier molecular flexibility index (Phi) is 6.52. The quantitative estimate of drug-likeness (QED) is 0.359. The van der Waals surface area contributed by atoms with Crippen molar-refractivity contribution in [2.24, 2.45) is 0 Å². The second kappa shape index (κ2) is 6.96. The largest absolute Gasteiger partial charge is 0.369 e. The molecule has 0 aromatic heterocycles. The van der Waals surface area contributed by atoms with E-state index in [4.69, 9.17) is 9.05 Å².